The van der Waals surface area contributed by atoms with E-state index < -0.39 is 17.9 Å². The smallest absolute Gasteiger partial charge is 0.326 e. The Balaban J connectivity index is 1.69. The molecule has 0 saturated carbocycles. The van der Waals surface area contributed by atoms with Crippen molar-refractivity contribution in [2.75, 3.05) is 12.0 Å². The molecule has 180 valence electrons. The molecule has 3 heterocycles. The van der Waals surface area contributed by atoms with Crippen LogP contribution < -0.4 is 5.32 Å². The Morgan fingerprint density at radius 3 is 2.80 bits per heavy atom. The van der Waals surface area contributed by atoms with Crippen molar-refractivity contribution in [2.45, 2.75) is 19.0 Å². The van der Waals surface area contributed by atoms with Gasteiger partial charge in [-0.05, 0) is 70.2 Å². The van der Waals surface area contributed by atoms with Crippen LogP contribution in [0, 0.1) is 0 Å². The highest BCUT2D eigenvalue weighted by Gasteiger charge is 2.22. The maximum atomic E-state index is 13.2. The lowest BCUT2D eigenvalue weighted by Crippen LogP contribution is -2.41. The van der Waals surface area contributed by atoms with E-state index in [1.807, 2.05) is 51.4 Å². The van der Waals surface area contributed by atoms with Crippen molar-refractivity contribution in [3.05, 3.63) is 81.5 Å². The number of thiophene rings is 1. The van der Waals surface area contributed by atoms with Crippen molar-refractivity contribution in [1.82, 2.24) is 19.9 Å². The Kier molecular flexibility index (Phi) is 8.51. The molecule has 35 heavy (non-hydrogen) atoms. The molecule has 7 nitrogen and oxygen atoms in total. The van der Waals surface area contributed by atoms with E-state index >= 15 is 0 Å². The zero-order chi connectivity index (χ0) is 24.6. The van der Waals surface area contributed by atoms with Crippen molar-refractivity contribution in [1.29, 1.82) is 0 Å². The average Bonchev–Trinajstić information content (AvgIpc) is 3.64. The summed E-state index contributed by atoms with van der Waals surface area (Å²) in [6.45, 7) is 0.610. The van der Waals surface area contributed by atoms with Crippen LogP contribution in [0.2, 0.25) is 0 Å². The number of carboxylic acids is 1. The maximum Gasteiger partial charge on any atom is 0.326 e. The van der Waals surface area contributed by atoms with Gasteiger partial charge in [0.25, 0.3) is 5.91 Å². The van der Waals surface area contributed by atoms with Gasteiger partial charge in [-0.2, -0.15) is 23.1 Å². The molecule has 0 aliphatic carbocycles. The van der Waals surface area contributed by atoms with Gasteiger partial charge in [0.1, 0.15) is 11.0 Å². The first-order valence-electron chi connectivity index (χ1n) is 10.8. The molecule has 2 N–H and O–H groups in total. The van der Waals surface area contributed by atoms with Gasteiger partial charge in [-0.3, -0.25) is 4.79 Å². The molecule has 0 fully saturated rings. The molecule has 4 rings (SSSR count). The number of benzene rings is 1. The van der Waals surface area contributed by atoms with Gasteiger partial charge in [0.05, 0.1) is 12.9 Å². The van der Waals surface area contributed by atoms with E-state index in [0.717, 1.165) is 27.3 Å². The second-order valence-corrected chi connectivity index (χ2v) is 10.4. The number of hydrogen-bond donors (Lipinski definition) is 2. The Morgan fingerprint density at radius 1 is 1.26 bits per heavy atom. The number of aromatic nitrogens is 3. The average molecular weight is 525 g/mol. The number of aliphatic carboxylic acids is 1. The van der Waals surface area contributed by atoms with Crippen molar-refractivity contribution in [3.63, 3.8) is 0 Å². The number of thiazole rings is 1. The number of hydrogen-bond acceptors (Lipinski definition) is 7. The van der Waals surface area contributed by atoms with Gasteiger partial charge in [0.15, 0.2) is 0 Å². The third-order valence-corrected chi connectivity index (χ3v) is 7.47. The lowest BCUT2D eigenvalue weighted by Gasteiger charge is -2.16. The Hall–Kier alpha value is -3.21. The molecule has 3 aromatic heterocycles. The summed E-state index contributed by atoms with van der Waals surface area (Å²) in [7, 11) is 0. The molecule has 4 aromatic rings. The van der Waals surface area contributed by atoms with Crippen molar-refractivity contribution in [2.24, 2.45) is 0 Å². The van der Waals surface area contributed by atoms with Gasteiger partial charge in [-0.1, -0.05) is 6.07 Å². The first-order chi connectivity index (χ1) is 17.0. The molecule has 0 aliphatic heterocycles. The molecular formula is C25H24N4O3S3. The van der Waals surface area contributed by atoms with Gasteiger partial charge < -0.3 is 15.0 Å². The summed E-state index contributed by atoms with van der Waals surface area (Å²) in [4.78, 5) is 33.4. The number of amides is 1. The van der Waals surface area contributed by atoms with E-state index in [0.29, 0.717) is 24.3 Å². The molecule has 0 aliphatic rings. The molecule has 0 saturated heterocycles. The van der Waals surface area contributed by atoms with Crippen LogP contribution in [-0.4, -0.2) is 49.6 Å². The van der Waals surface area contributed by atoms with E-state index in [4.69, 9.17) is 0 Å². The van der Waals surface area contributed by atoms with Gasteiger partial charge >= 0.3 is 5.97 Å². The van der Waals surface area contributed by atoms with Gasteiger partial charge in [0.2, 0.25) is 0 Å². The van der Waals surface area contributed by atoms with Crippen LogP contribution in [-0.2, 0) is 11.3 Å². The van der Waals surface area contributed by atoms with Crippen LogP contribution in [0.1, 0.15) is 27.3 Å². The molecular weight excluding hydrogens is 501 g/mol. The molecule has 0 unspecified atom stereocenters. The Labute approximate surface area is 215 Å². The fourth-order valence-corrected chi connectivity index (χ4v) is 5.34. The Bertz CT molecular complexity index is 1280. The van der Waals surface area contributed by atoms with Crippen LogP contribution in [0.15, 0.2) is 65.3 Å². The molecule has 1 aromatic carbocycles. The molecule has 0 bridgehead atoms. The molecule has 10 heteroatoms. The molecule has 0 radical (unpaired) electrons. The number of imidazole rings is 1. The topological polar surface area (TPSA) is 97.1 Å². The zero-order valence-electron chi connectivity index (χ0n) is 19.0. The van der Waals surface area contributed by atoms with Crippen molar-refractivity contribution in [3.8, 4) is 11.1 Å². The highest BCUT2D eigenvalue weighted by atomic mass is 32.2. The Morgan fingerprint density at radius 2 is 2.14 bits per heavy atom. The van der Waals surface area contributed by atoms with Crippen LogP contribution in [0.4, 0.5) is 0 Å². The van der Waals surface area contributed by atoms with E-state index in [1.165, 1.54) is 0 Å². The van der Waals surface area contributed by atoms with Crippen LogP contribution in [0.5, 0.6) is 0 Å². The predicted octanol–water partition coefficient (Wildman–Crippen LogP) is 5.25. The molecule has 0 spiro atoms. The van der Waals surface area contributed by atoms with Crippen molar-refractivity contribution < 1.29 is 14.7 Å². The molecule has 1 atom stereocenters. The van der Waals surface area contributed by atoms with Crippen LogP contribution in [0.3, 0.4) is 0 Å². The van der Waals surface area contributed by atoms with Crippen molar-refractivity contribution >= 4 is 58.0 Å². The summed E-state index contributed by atoms with van der Waals surface area (Å²) >= 11 is 4.66. The maximum absolute atomic E-state index is 13.2. The third kappa shape index (κ3) is 6.47. The van der Waals surface area contributed by atoms with Crippen LogP contribution >= 0.6 is 34.4 Å². The van der Waals surface area contributed by atoms with Gasteiger partial charge in [-0.25, -0.2) is 14.8 Å². The number of rotatable bonds is 11. The minimum Gasteiger partial charge on any atom is -0.480 e. The number of allylic oxidation sites excluding steroid dienone is 1. The highest BCUT2D eigenvalue weighted by molar-refractivity contribution is 7.98. The molecule has 1 amide bonds. The second-order valence-electron chi connectivity index (χ2n) is 7.70. The summed E-state index contributed by atoms with van der Waals surface area (Å²) < 4.78 is 1.98. The summed E-state index contributed by atoms with van der Waals surface area (Å²) in [5.41, 5.74) is 4.06. The standard InChI is InChI=1S/C25H24N4O3S3/c1-33-9-5-22(25(31)32)28-23(30)20-3-2-17(13-21(20)18-4-10-34-15-18)12-19(24-27-7-11-35-24)14-29-8-6-26-16-29/h2-4,6-8,10-13,15-16,22H,5,9,14H2,1H3,(H,28,30)(H,31,32)/t22-/m0/s1. The number of carboxylic acid groups (broad SMARTS) is 1. The normalized spacial score (nSPS) is 12.4. The monoisotopic (exact) mass is 524 g/mol. The second kappa shape index (κ2) is 12.0. The SMILES string of the molecule is CSCC[C@H](NC(=O)c1ccc(C=C(Cn2ccnc2)c2nccs2)cc1-c1ccsc1)C(=O)O. The number of nitrogens with zero attached hydrogens (tertiary/aromatic N) is 3. The summed E-state index contributed by atoms with van der Waals surface area (Å²) in [5.74, 6) is -0.778. The van der Waals surface area contributed by atoms with E-state index in [1.54, 1.807) is 59.2 Å². The van der Waals surface area contributed by atoms with Gasteiger partial charge in [-0.15, -0.1) is 11.3 Å². The first-order valence-corrected chi connectivity index (χ1v) is 14.0. The summed E-state index contributed by atoms with van der Waals surface area (Å²) in [5, 5.41) is 19.0. The number of thioether (sulfide) groups is 1. The first kappa shape index (κ1) is 24.9. The number of carbonyl (C=O) groups is 2. The largest absolute Gasteiger partial charge is 0.480 e. The number of nitrogens with one attached hydrogen (secondary N) is 1. The lowest BCUT2D eigenvalue weighted by atomic mass is 9.97. The fourth-order valence-electron chi connectivity index (χ4n) is 3.57. The lowest BCUT2D eigenvalue weighted by molar-refractivity contribution is -0.139. The summed E-state index contributed by atoms with van der Waals surface area (Å²) in [6.07, 6.45) is 11.5. The summed E-state index contributed by atoms with van der Waals surface area (Å²) in [6, 6.07) is 6.63. The fraction of sp³-hybridized carbons (Fsp3) is 0.200. The minimum atomic E-state index is -1.03. The van der Waals surface area contributed by atoms with E-state index in [2.05, 4.69) is 21.4 Å². The number of carbonyl (C=O) groups excluding carboxylic acids is 1. The highest BCUT2D eigenvalue weighted by Crippen LogP contribution is 2.30. The van der Waals surface area contributed by atoms with Crippen LogP contribution in [0.25, 0.3) is 22.8 Å². The quantitative estimate of drug-likeness (QED) is 0.278. The van der Waals surface area contributed by atoms with E-state index in [9.17, 15) is 14.7 Å². The van der Waals surface area contributed by atoms with E-state index in [-0.39, 0.29) is 0 Å². The van der Waals surface area contributed by atoms with Gasteiger partial charge in [0, 0.05) is 35.1 Å². The third-order valence-electron chi connectivity index (χ3n) is 5.29. The predicted molar refractivity (Wildman–Crippen MR) is 144 cm³/mol. The zero-order valence-corrected chi connectivity index (χ0v) is 21.4. The minimum absolute atomic E-state index is 0.363.